The Morgan fingerprint density at radius 1 is 1.14 bits per heavy atom. The number of anilines is 1. The molecule has 0 aliphatic heterocycles. The Labute approximate surface area is 121 Å². The van der Waals surface area contributed by atoms with Gasteiger partial charge in [0.05, 0.1) is 5.56 Å². The molecular weight excluding hydrogens is 276 g/mol. The molecule has 1 N–H and O–H groups in total. The molecule has 0 amide bonds. The van der Waals surface area contributed by atoms with Gasteiger partial charge in [-0.15, -0.1) is 0 Å². The Bertz CT molecular complexity index is 658. The average molecular weight is 291 g/mol. The van der Waals surface area contributed by atoms with Gasteiger partial charge in [-0.1, -0.05) is 12.1 Å². The highest BCUT2D eigenvalue weighted by molar-refractivity contribution is 5.89. The molecule has 0 aliphatic carbocycles. The first-order valence-corrected chi connectivity index (χ1v) is 6.53. The summed E-state index contributed by atoms with van der Waals surface area (Å²) in [5.74, 6) is -2.13. The van der Waals surface area contributed by atoms with Crippen LogP contribution in [-0.2, 0) is 6.54 Å². The molecule has 0 saturated carbocycles. The van der Waals surface area contributed by atoms with Gasteiger partial charge in [0.1, 0.15) is 11.6 Å². The number of benzene rings is 2. The van der Waals surface area contributed by atoms with Gasteiger partial charge in [-0.2, -0.15) is 0 Å². The van der Waals surface area contributed by atoms with Crippen LogP contribution in [0.25, 0.3) is 0 Å². The second-order valence-corrected chi connectivity index (χ2v) is 4.60. The van der Waals surface area contributed by atoms with E-state index in [0.29, 0.717) is 17.8 Å². The molecule has 0 aliphatic rings. The zero-order valence-electron chi connectivity index (χ0n) is 11.5. The summed E-state index contributed by atoms with van der Waals surface area (Å²) < 4.78 is 26.5. The monoisotopic (exact) mass is 291 g/mol. The van der Waals surface area contributed by atoms with Crippen LogP contribution in [0.1, 0.15) is 22.8 Å². The largest absolute Gasteiger partial charge is 0.478 e. The number of hydrogen-bond donors (Lipinski definition) is 1. The second kappa shape index (κ2) is 6.35. The highest BCUT2D eigenvalue weighted by atomic mass is 19.1. The molecule has 0 saturated heterocycles. The normalized spacial score (nSPS) is 10.4. The van der Waals surface area contributed by atoms with Crippen LogP contribution in [0.3, 0.4) is 0 Å². The molecule has 0 radical (unpaired) electrons. The summed E-state index contributed by atoms with van der Waals surface area (Å²) in [6.45, 7) is 2.72. The first-order valence-electron chi connectivity index (χ1n) is 6.53. The van der Waals surface area contributed by atoms with Crippen LogP contribution < -0.4 is 4.90 Å². The number of rotatable bonds is 5. The third-order valence-electron chi connectivity index (χ3n) is 3.22. The molecular formula is C16H15F2NO2. The van der Waals surface area contributed by atoms with Gasteiger partial charge in [-0.05, 0) is 42.8 Å². The zero-order chi connectivity index (χ0) is 15.4. The number of halogens is 2. The summed E-state index contributed by atoms with van der Waals surface area (Å²) in [5, 5.41) is 9.15. The van der Waals surface area contributed by atoms with E-state index in [1.54, 1.807) is 12.1 Å². The molecule has 0 atom stereocenters. The molecule has 2 aromatic carbocycles. The molecule has 2 rings (SSSR count). The first-order chi connectivity index (χ1) is 10.0. The van der Waals surface area contributed by atoms with Crippen LogP contribution in [0, 0.1) is 11.6 Å². The Kier molecular flexibility index (Phi) is 4.52. The van der Waals surface area contributed by atoms with Crippen molar-refractivity contribution >= 4 is 11.7 Å². The molecule has 21 heavy (non-hydrogen) atoms. The van der Waals surface area contributed by atoms with Crippen LogP contribution in [0.15, 0.2) is 42.5 Å². The van der Waals surface area contributed by atoms with Gasteiger partial charge in [-0.3, -0.25) is 0 Å². The van der Waals surface area contributed by atoms with Crippen molar-refractivity contribution in [3.05, 3.63) is 65.2 Å². The summed E-state index contributed by atoms with van der Waals surface area (Å²) >= 11 is 0. The van der Waals surface area contributed by atoms with Gasteiger partial charge in [0.2, 0.25) is 0 Å². The minimum Gasteiger partial charge on any atom is -0.478 e. The summed E-state index contributed by atoms with van der Waals surface area (Å²) in [7, 11) is 0. The van der Waals surface area contributed by atoms with Crippen LogP contribution >= 0.6 is 0 Å². The minimum absolute atomic E-state index is 0.0788. The molecule has 2 aromatic rings. The molecule has 0 spiro atoms. The Morgan fingerprint density at radius 3 is 2.48 bits per heavy atom. The van der Waals surface area contributed by atoms with Crippen LogP contribution in [0.5, 0.6) is 0 Å². The van der Waals surface area contributed by atoms with Crippen molar-refractivity contribution in [2.24, 2.45) is 0 Å². The van der Waals surface area contributed by atoms with Crippen LogP contribution in [0.4, 0.5) is 14.5 Å². The maximum Gasteiger partial charge on any atom is 0.336 e. The van der Waals surface area contributed by atoms with Crippen LogP contribution in [-0.4, -0.2) is 17.6 Å². The molecule has 3 nitrogen and oxygen atoms in total. The van der Waals surface area contributed by atoms with Crippen LogP contribution in [0.2, 0.25) is 0 Å². The van der Waals surface area contributed by atoms with Crippen molar-refractivity contribution in [1.82, 2.24) is 0 Å². The summed E-state index contributed by atoms with van der Waals surface area (Å²) in [5.41, 5.74) is 1.05. The molecule has 0 unspecified atom stereocenters. The fourth-order valence-corrected chi connectivity index (χ4v) is 2.15. The van der Waals surface area contributed by atoms with Gasteiger partial charge in [0.25, 0.3) is 0 Å². The van der Waals surface area contributed by atoms with Crippen molar-refractivity contribution in [2.45, 2.75) is 13.5 Å². The summed E-state index contributed by atoms with van der Waals surface area (Å²) in [6.07, 6.45) is 0. The highest BCUT2D eigenvalue weighted by Crippen LogP contribution is 2.20. The summed E-state index contributed by atoms with van der Waals surface area (Å²) in [4.78, 5) is 13.0. The van der Waals surface area contributed by atoms with Crippen molar-refractivity contribution in [1.29, 1.82) is 0 Å². The third-order valence-corrected chi connectivity index (χ3v) is 3.22. The summed E-state index contributed by atoms with van der Waals surface area (Å²) in [6, 6.07) is 9.73. The van der Waals surface area contributed by atoms with E-state index < -0.39 is 11.8 Å². The zero-order valence-corrected chi connectivity index (χ0v) is 11.5. The Morgan fingerprint density at radius 2 is 1.86 bits per heavy atom. The number of carboxylic acid groups (broad SMARTS) is 1. The number of aromatic carboxylic acids is 1. The fourth-order valence-electron chi connectivity index (χ4n) is 2.15. The molecule has 0 heterocycles. The van der Waals surface area contributed by atoms with Crippen molar-refractivity contribution in [3.8, 4) is 0 Å². The van der Waals surface area contributed by atoms with E-state index in [2.05, 4.69) is 0 Å². The minimum atomic E-state index is -1.18. The van der Waals surface area contributed by atoms with Crippen molar-refractivity contribution in [2.75, 3.05) is 11.4 Å². The van der Waals surface area contributed by atoms with E-state index in [4.69, 9.17) is 5.11 Å². The van der Waals surface area contributed by atoms with Gasteiger partial charge in [0.15, 0.2) is 0 Å². The number of carbonyl (C=O) groups is 1. The molecule has 0 fully saturated rings. The lowest BCUT2D eigenvalue weighted by molar-refractivity contribution is 0.0695. The lowest BCUT2D eigenvalue weighted by Gasteiger charge is -2.24. The maximum absolute atomic E-state index is 13.3. The lowest BCUT2D eigenvalue weighted by atomic mass is 10.1. The van der Waals surface area contributed by atoms with E-state index >= 15 is 0 Å². The van der Waals surface area contributed by atoms with Gasteiger partial charge >= 0.3 is 5.97 Å². The van der Waals surface area contributed by atoms with E-state index in [1.807, 2.05) is 11.8 Å². The molecule has 110 valence electrons. The molecule has 5 heteroatoms. The molecule has 0 bridgehead atoms. The predicted octanol–water partition coefficient (Wildman–Crippen LogP) is 3.69. The number of carboxylic acids is 1. The number of nitrogens with zero attached hydrogens (tertiary/aromatic N) is 1. The van der Waals surface area contributed by atoms with Crippen molar-refractivity contribution in [3.63, 3.8) is 0 Å². The Hall–Kier alpha value is -2.43. The third kappa shape index (κ3) is 3.56. The quantitative estimate of drug-likeness (QED) is 0.913. The van der Waals surface area contributed by atoms with E-state index in [0.717, 1.165) is 6.07 Å². The standard InChI is InChI=1S/C16H15F2NO2/c1-2-19(14-5-3-4-12(17)8-14)10-11-6-7-13(18)9-15(11)16(20)21/h3-9H,2,10H2,1H3,(H,20,21). The smallest absolute Gasteiger partial charge is 0.336 e. The highest BCUT2D eigenvalue weighted by Gasteiger charge is 2.14. The number of hydrogen-bond acceptors (Lipinski definition) is 2. The second-order valence-electron chi connectivity index (χ2n) is 4.60. The van der Waals surface area contributed by atoms with Gasteiger partial charge < -0.3 is 10.0 Å². The van der Waals surface area contributed by atoms with E-state index in [9.17, 15) is 13.6 Å². The Balaban J connectivity index is 2.33. The van der Waals surface area contributed by atoms with E-state index in [-0.39, 0.29) is 17.9 Å². The van der Waals surface area contributed by atoms with Crippen molar-refractivity contribution < 1.29 is 18.7 Å². The molecule has 0 aromatic heterocycles. The fraction of sp³-hybridized carbons (Fsp3) is 0.188. The van der Waals surface area contributed by atoms with Gasteiger partial charge in [-0.25, -0.2) is 13.6 Å². The topological polar surface area (TPSA) is 40.5 Å². The SMILES string of the molecule is CCN(Cc1ccc(F)cc1C(=O)O)c1cccc(F)c1. The van der Waals surface area contributed by atoms with E-state index in [1.165, 1.54) is 24.3 Å². The van der Waals surface area contributed by atoms with Gasteiger partial charge in [0, 0.05) is 18.8 Å². The maximum atomic E-state index is 13.3. The predicted molar refractivity (Wildman–Crippen MR) is 76.5 cm³/mol. The lowest BCUT2D eigenvalue weighted by Crippen LogP contribution is -2.23. The first kappa shape index (κ1) is 15.0. The average Bonchev–Trinajstić information content (AvgIpc) is 2.45.